The molecule has 5 N–H and O–H groups in total. The minimum absolute atomic E-state index is 0.0118. The van der Waals surface area contributed by atoms with Gasteiger partial charge in [0.1, 0.15) is 0 Å². The Bertz CT molecular complexity index is 339. The molecule has 0 radical (unpaired) electrons. The molecule has 17 heavy (non-hydrogen) atoms. The number of hydrogen-bond donors (Lipinski definition) is 4. The second-order valence-electron chi connectivity index (χ2n) is 3.71. The summed E-state index contributed by atoms with van der Waals surface area (Å²) in [5.74, 6) is 5.87. The number of nitrogens with two attached hydrogens (primary N) is 1. The van der Waals surface area contributed by atoms with Crippen molar-refractivity contribution in [2.75, 3.05) is 24.5 Å². The lowest BCUT2D eigenvalue weighted by atomic mass is 10.1. The van der Waals surface area contributed by atoms with Crippen molar-refractivity contribution in [1.29, 1.82) is 0 Å². The van der Waals surface area contributed by atoms with Gasteiger partial charge < -0.3 is 15.2 Å². The van der Waals surface area contributed by atoms with E-state index in [1.54, 1.807) is 0 Å². The third-order valence-corrected chi connectivity index (χ3v) is 2.42. The Morgan fingerprint density at radius 2 is 1.94 bits per heavy atom. The van der Waals surface area contributed by atoms with Gasteiger partial charge in [0.15, 0.2) is 0 Å². The van der Waals surface area contributed by atoms with E-state index in [0.717, 1.165) is 0 Å². The van der Waals surface area contributed by atoms with Crippen LogP contribution in [0.4, 0.5) is 11.9 Å². The number of ether oxygens (including phenoxy) is 1. The molecule has 0 aliphatic rings. The molecule has 1 rings (SSSR count). The first-order valence-corrected chi connectivity index (χ1v) is 5.24. The smallest absolute Gasteiger partial charge is 0.322 e. The van der Waals surface area contributed by atoms with Gasteiger partial charge in [-0.1, -0.05) is 6.92 Å². The average molecular weight is 242 g/mol. The maximum Gasteiger partial charge on any atom is 0.322 e. The van der Waals surface area contributed by atoms with Crippen LogP contribution in [0.25, 0.3) is 0 Å². The third-order valence-electron chi connectivity index (χ3n) is 2.42. The molecule has 1 aromatic rings. The van der Waals surface area contributed by atoms with Crippen LogP contribution in [-0.4, -0.2) is 39.8 Å². The van der Waals surface area contributed by atoms with E-state index in [9.17, 15) is 0 Å². The monoisotopic (exact) mass is 242 g/mol. The predicted octanol–water partition coefficient (Wildman–Crippen LogP) is -0.405. The van der Waals surface area contributed by atoms with Crippen molar-refractivity contribution in [2.24, 2.45) is 11.8 Å². The number of methoxy groups -OCH3 is 1. The highest BCUT2D eigenvalue weighted by Crippen LogP contribution is 2.13. The van der Waals surface area contributed by atoms with Crippen LogP contribution < -0.4 is 21.3 Å². The van der Waals surface area contributed by atoms with E-state index in [2.05, 4.69) is 25.7 Å². The molecule has 0 bridgehead atoms. The Balaban J connectivity index is 2.82. The lowest BCUT2D eigenvalue weighted by Gasteiger charge is -2.19. The van der Waals surface area contributed by atoms with Crippen LogP contribution in [-0.2, 0) is 0 Å². The van der Waals surface area contributed by atoms with Crippen molar-refractivity contribution in [1.82, 2.24) is 15.0 Å². The van der Waals surface area contributed by atoms with E-state index in [0.29, 0.717) is 5.95 Å². The topological polar surface area (TPSA) is 118 Å². The zero-order valence-corrected chi connectivity index (χ0v) is 10.1. The normalized spacial score (nSPS) is 13.9. The molecular formula is C9H18N6O2. The zero-order chi connectivity index (χ0) is 12.8. The van der Waals surface area contributed by atoms with Gasteiger partial charge in [-0.3, -0.25) is 5.43 Å². The molecule has 2 atom stereocenters. The number of nitrogens with zero attached hydrogens (tertiary/aromatic N) is 3. The van der Waals surface area contributed by atoms with E-state index >= 15 is 0 Å². The Labute approximate surface area is 99.6 Å². The number of nitrogen functional groups attached to an aromatic ring is 1. The molecule has 0 fully saturated rings. The van der Waals surface area contributed by atoms with Gasteiger partial charge in [0, 0.05) is 12.6 Å². The molecule has 8 nitrogen and oxygen atoms in total. The Hall–Kier alpha value is -1.67. The molecule has 0 aromatic carbocycles. The minimum atomic E-state index is 0.0118. The fourth-order valence-corrected chi connectivity index (χ4v) is 1.08. The molecule has 0 saturated carbocycles. The van der Waals surface area contributed by atoms with Crippen molar-refractivity contribution in [3.8, 4) is 6.01 Å². The fourth-order valence-electron chi connectivity index (χ4n) is 1.08. The van der Waals surface area contributed by atoms with Gasteiger partial charge in [-0.2, -0.15) is 15.0 Å². The number of aromatic nitrogens is 3. The highest BCUT2D eigenvalue weighted by Gasteiger charge is 2.13. The van der Waals surface area contributed by atoms with Crippen LogP contribution in [0.5, 0.6) is 6.01 Å². The number of aliphatic hydroxyl groups is 1. The summed E-state index contributed by atoms with van der Waals surface area (Å²) < 4.78 is 4.92. The Morgan fingerprint density at radius 3 is 2.47 bits per heavy atom. The molecule has 2 unspecified atom stereocenters. The van der Waals surface area contributed by atoms with E-state index in [4.69, 9.17) is 15.7 Å². The number of rotatable bonds is 6. The third kappa shape index (κ3) is 3.68. The SMILES string of the molecule is COc1nc(NN)nc(NC(C)C(C)CO)n1. The summed E-state index contributed by atoms with van der Waals surface area (Å²) in [7, 11) is 1.46. The summed E-state index contributed by atoms with van der Waals surface area (Å²) in [5, 5.41) is 12.1. The van der Waals surface area contributed by atoms with Gasteiger partial charge in [0.25, 0.3) is 0 Å². The molecule has 0 amide bonds. The van der Waals surface area contributed by atoms with Gasteiger partial charge >= 0.3 is 6.01 Å². The minimum Gasteiger partial charge on any atom is -0.467 e. The van der Waals surface area contributed by atoms with Crippen LogP contribution in [0.2, 0.25) is 0 Å². The molecule has 0 spiro atoms. The maximum absolute atomic E-state index is 9.03. The second-order valence-corrected chi connectivity index (χ2v) is 3.71. The van der Waals surface area contributed by atoms with E-state index in [-0.39, 0.29) is 30.5 Å². The first kappa shape index (κ1) is 13.4. The summed E-state index contributed by atoms with van der Waals surface area (Å²) in [6.07, 6.45) is 0. The van der Waals surface area contributed by atoms with Crippen LogP contribution in [0.15, 0.2) is 0 Å². The molecule has 1 heterocycles. The van der Waals surface area contributed by atoms with Crippen molar-refractivity contribution in [3.05, 3.63) is 0 Å². The quantitative estimate of drug-likeness (QED) is 0.393. The van der Waals surface area contributed by atoms with Crippen molar-refractivity contribution in [2.45, 2.75) is 19.9 Å². The second kappa shape index (κ2) is 6.16. The van der Waals surface area contributed by atoms with E-state index in [1.165, 1.54) is 7.11 Å². The molecule has 0 aliphatic carbocycles. The predicted molar refractivity (Wildman–Crippen MR) is 63.5 cm³/mol. The van der Waals surface area contributed by atoms with Gasteiger partial charge in [-0.05, 0) is 12.8 Å². The summed E-state index contributed by atoms with van der Waals surface area (Å²) in [4.78, 5) is 11.9. The van der Waals surface area contributed by atoms with Gasteiger partial charge in [-0.15, -0.1) is 0 Å². The highest BCUT2D eigenvalue weighted by molar-refractivity contribution is 5.35. The number of hydrogen-bond acceptors (Lipinski definition) is 8. The number of aliphatic hydroxyl groups excluding tert-OH is 1. The van der Waals surface area contributed by atoms with Crippen LogP contribution in [0.1, 0.15) is 13.8 Å². The van der Waals surface area contributed by atoms with E-state index in [1.807, 2.05) is 13.8 Å². The standard InChI is InChI=1S/C9H18N6O2/c1-5(4-16)6(2)11-7-12-8(15-10)14-9(13-7)17-3/h5-6,16H,4,10H2,1-3H3,(H2,11,12,13,14,15). The lowest BCUT2D eigenvalue weighted by Crippen LogP contribution is -2.27. The number of hydrazine groups is 1. The summed E-state index contributed by atoms with van der Waals surface area (Å²) in [6, 6.07) is 0.178. The largest absolute Gasteiger partial charge is 0.467 e. The van der Waals surface area contributed by atoms with Gasteiger partial charge in [0.2, 0.25) is 11.9 Å². The van der Waals surface area contributed by atoms with Crippen LogP contribution in [0.3, 0.4) is 0 Å². The van der Waals surface area contributed by atoms with E-state index < -0.39 is 0 Å². The Morgan fingerprint density at radius 1 is 1.29 bits per heavy atom. The molecule has 96 valence electrons. The fraction of sp³-hybridized carbons (Fsp3) is 0.667. The van der Waals surface area contributed by atoms with Crippen molar-refractivity contribution < 1.29 is 9.84 Å². The molecule has 0 aliphatic heterocycles. The lowest BCUT2D eigenvalue weighted by molar-refractivity contribution is 0.226. The van der Waals surface area contributed by atoms with Crippen LogP contribution in [0, 0.1) is 5.92 Å². The van der Waals surface area contributed by atoms with Gasteiger partial charge in [-0.25, -0.2) is 5.84 Å². The molecular weight excluding hydrogens is 224 g/mol. The summed E-state index contributed by atoms with van der Waals surface area (Å²) in [5.41, 5.74) is 2.33. The first-order valence-electron chi connectivity index (χ1n) is 5.24. The number of anilines is 2. The molecule has 8 heteroatoms. The first-order chi connectivity index (χ1) is 8.10. The van der Waals surface area contributed by atoms with Crippen LogP contribution >= 0.6 is 0 Å². The maximum atomic E-state index is 9.03. The molecule has 0 saturated heterocycles. The van der Waals surface area contributed by atoms with Gasteiger partial charge in [0.05, 0.1) is 7.11 Å². The summed E-state index contributed by atoms with van der Waals surface area (Å²) >= 11 is 0. The summed E-state index contributed by atoms with van der Waals surface area (Å²) in [6.45, 7) is 3.92. The average Bonchev–Trinajstić information content (AvgIpc) is 2.36. The van der Waals surface area contributed by atoms with Crippen molar-refractivity contribution in [3.63, 3.8) is 0 Å². The van der Waals surface area contributed by atoms with Crippen molar-refractivity contribution >= 4 is 11.9 Å². The Kier molecular flexibility index (Phi) is 4.85. The highest BCUT2D eigenvalue weighted by atomic mass is 16.5. The molecule has 1 aromatic heterocycles. The number of nitrogens with one attached hydrogen (secondary N) is 2. The zero-order valence-electron chi connectivity index (χ0n) is 10.1.